The number of carbonyl (C=O) groups is 5. The van der Waals surface area contributed by atoms with Gasteiger partial charge >= 0.3 is 5.97 Å². The molecule has 0 spiro atoms. The molecule has 0 aromatic heterocycles. The van der Waals surface area contributed by atoms with E-state index in [1.807, 2.05) is 13.8 Å². The molecule has 0 radical (unpaired) electrons. The van der Waals surface area contributed by atoms with Gasteiger partial charge in [0.25, 0.3) is 0 Å². The maximum atomic E-state index is 13.2. The van der Waals surface area contributed by atoms with Gasteiger partial charge in [-0.2, -0.15) is 0 Å². The van der Waals surface area contributed by atoms with Crippen molar-refractivity contribution in [3.63, 3.8) is 0 Å². The minimum atomic E-state index is -1.41. The molecule has 0 aliphatic carbocycles. The number of nitrogens with one attached hydrogen (secondary N) is 3. The third kappa shape index (κ3) is 10.5. The van der Waals surface area contributed by atoms with Crippen molar-refractivity contribution in [1.82, 2.24) is 16.0 Å². The summed E-state index contributed by atoms with van der Waals surface area (Å²) in [5.74, 6) is -4.50. The number of carboxylic acid groups (broad SMARTS) is 1. The molecule has 1 aromatic rings. The molecule has 37 heavy (non-hydrogen) atoms. The Bertz CT molecular complexity index is 951. The first kappa shape index (κ1) is 31.4. The van der Waals surface area contributed by atoms with Crippen LogP contribution < -0.4 is 27.4 Å². The van der Waals surface area contributed by atoms with Crippen LogP contribution in [-0.2, 0) is 30.4 Å². The summed E-state index contributed by atoms with van der Waals surface area (Å²) in [6.07, 6.45) is 0.145. The largest absolute Gasteiger partial charge is 0.508 e. The standard InChI is InChI=1S/C25H39N5O7/c1-5-14(4)20(27)23(34)30-21(13(2)3)24(35)29-18(12-15-6-8-16(31)9-7-15)22(33)28-17(25(36)37)10-11-19(26)32/h6-9,13-14,17-18,20-21,31H,5,10-12,27H2,1-4H3,(H2,26,32)(H,28,33)(H,29,35)(H,30,34)(H,36,37). The number of benzene rings is 1. The molecule has 0 heterocycles. The van der Waals surface area contributed by atoms with Crippen LogP contribution in [0.3, 0.4) is 0 Å². The van der Waals surface area contributed by atoms with Crippen molar-refractivity contribution in [3.8, 4) is 5.75 Å². The van der Waals surface area contributed by atoms with Gasteiger partial charge in [-0.1, -0.05) is 46.2 Å². The zero-order valence-corrected chi connectivity index (χ0v) is 21.7. The van der Waals surface area contributed by atoms with Crippen molar-refractivity contribution in [2.45, 2.75) is 77.5 Å². The van der Waals surface area contributed by atoms with E-state index in [9.17, 15) is 34.2 Å². The lowest BCUT2D eigenvalue weighted by Gasteiger charge is -2.28. The topological polar surface area (TPSA) is 214 Å². The molecule has 4 amide bonds. The van der Waals surface area contributed by atoms with Gasteiger partial charge in [0.15, 0.2) is 0 Å². The van der Waals surface area contributed by atoms with E-state index in [1.165, 1.54) is 12.1 Å². The smallest absolute Gasteiger partial charge is 0.326 e. The number of phenolic OH excluding ortho intramolecular Hbond substituents is 1. The van der Waals surface area contributed by atoms with E-state index < -0.39 is 53.8 Å². The van der Waals surface area contributed by atoms with E-state index in [2.05, 4.69) is 16.0 Å². The number of primary amides is 1. The average molecular weight is 522 g/mol. The zero-order chi connectivity index (χ0) is 28.3. The Morgan fingerprint density at radius 3 is 1.95 bits per heavy atom. The predicted molar refractivity (Wildman–Crippen MR) is 136 cm³/mol. The molecule has 12 nitrogen and oxygen atoms in total. The number of amides is 4. The second-order valence-corrected chi connectivity index (χ2v) is 9.48. The minimum Gasteiger partial charge on any atom is -0.508 e. The van der Waals surface area contributed by atoms with Crippen LogP contribution in [0.1, 0.15) is 52.5 Å². The fraction of sp³-hybridized carbons (Fsp3) is 0.560. The second-order valence-electron chi connectivity index (χ2n) is 9.48. The van der Waals surface area contributed by atoms with Crippen LogP contribution >= 0.6 is 0 Å². The van der Waals surface area contributed by atoms with Gasteiger partial charge in [-0.05, 0) is 36.0 Å². The van der Waals surface area contributed by atoms with Gasteiger partial charge in [-0.25, -0.2) is 4.79 Å². The molecule has 5 atom stereocenters. The number of carboxylic acids is 1. The summed E-state index contributed by atoms with van der Waals surface area (Å²) >= 11 is 0. The Labute approximate surface area is 216 Å². The first-order valence-corrected chi connectivity index (χ1v) is 12.2. The van der Waals surface area contributed by atoms with E-state index in [0.29, 0.717) is 12.0 Å². The minimum absolute atomic E-state index is 0.00594. The van der Waals surface area contributed by atoms with Gasteiger partial charge < -0.3 is 37.6 Å². The van der Waals surface area contributed by atoms with Crippen molar-refractivity contribution < 1.29 is 34.2 Å². The highest BCUT2D eigenvalue weighted by atomic mass is 16.4. The Balaban J connectivity index is 3.15. The van der Waals surface area contributed by atoms with E-state index in [4.69, 9.17) is 11.5 Å². The predicted octanol–water partition coefficient (Wildman–Crippen LogP) is -0.231. The lowest BCUT2D eigenvalue weighted by molar-refractivity contribution is -0.142. The molecule has 12 heteroatoms. The Morgan fingerprint density at radius 2 is 1.46 bits per heavy atom. The highest BCUT2D eigenvalue weighted by Gasteiger charge is 2.32. The Hall–Kier alpha value is -3.67. The highest BCUT2D eigenvalue weighted by Crippen LogP contribution is 2.13. The number of aliphatic carboxylic acids is 1. The Morgan fingerprint density at radius 1 is 0.892 bits per heavy atom. The van der Waals surface area contributed by atoms with E-state index in [-0.39, 0.29) is 36.8 Å². The number of rotatable bonds is 15. The number of nitrogens with two attached hydrogens (primary N) is 2. The second kappa shape index (κ2) is 14.8. The van der Waals surface area contributed by atoms with Crippen molar-refractivity contribution in [3.05, 3.63) is 29.8 Å². The normalized spacial score (nSPS) is 15.1. The van der Waals surface area contributed by atoms with Crippen molar-refractivity contribution in [2.24, 2.45) is 23.3 Å². The molecule has 9 N–H and O–H groups in total. The number of phenols is 1. The SMILES string of the molecule is CCC(C)C(N)C(=O)NC(C(=O)NC(Cc1ccc(O)cc1)C(=O)NC(CCC(N)=O)C(=O)O)C(C)C. The maximum absolute atomic E-state index is 13.2. The van der Waals surface area contributed by atoms with Crippen LogP contribution in [0.15, 0.2) is 24.3 Å². The van der Waals surface area contributed by atoms with Gasteiger partial charge in [-0.15, -0.1) is 0 Å². The average Bonchev–Trinajstić information content (AvgIpc) is 2.83. The monoisotopic (exact) mass is 521 g/mol. The molecular formula is C25H39N5O7. The summed E-state index contributed by atoms with van der Waals surface area (Å²) in [4.78, 5) is 61.6. The summed E-state index contributed by atoms with van der Waals surface area (Å²) in [6, 6.07) is 1.45. The molecule has 0 saturated carbocycles. The molecular weight excluding hydrogens is 482 g/mol. The van der Waals surface area contributed by atoms with Crippen molar-refractivity contribution >= 4 is 29.6 Å². The fourth-order valence-corrected chi connectivity index (χ4v) is 3.45. The molecule has 1 rings (SSSR count). The van der Waals surface area contributed by atoms with Gasteiger partial charge in [0.05, 0.1) is 6.04 Å². The molecule has 0 fully saturated rings. The lowest BCUT2D eigenvalue weighted by Crippen LogP contribution is -2.59. The van der Waals surface area contributed by atoms with Gasteiger partial charge in [0, 0.05) is 12.8 Å². The summed E-state index contributed by atoms with van der Waals surface area (Å²) in [5, 5.41) is 26.6. The first-order valence-electron chi connectivity index (χ1n) is 12.2. The first-order chi connectivity index (χ1) is 17.3. The van der Waals surface area contributed by atoms with Crippen molar-refractivity contribution in [1.29, 1.82) is 0 Å². The summed E-state index contributed by atoms with van der Waals surface area (Å²) < 4.78 is 0. The summed E-state index contributed by atoms with van der Waals surface area (Å²) in [6.45, 7) is 7.16. The summed E-state index contributed by atoms with van der Waals surface area (Å²) in [7, 11) is 0. The van der Waals surface area contributed by atoms with Crippen LogP contribution in [0.25, 0.3) is 0 Å². The van der Waals surface area contributed by atoms with Crippen molar-refractivity contribution in [2.75, 3.05) is 0 Å². The maximum Gasteiger partial charge on any atom is 0.326 e. The highest BCUT2D eigenvalue weighted by molar-refractivity contribution is 5.94. The molecule has 0 aliphatic rings. The zero-order valence-electron chi connectivity index (χ0n) is 21.7. The number of carbonyl (C=O) groups excluding carboxylic acids is 4. The van der Waals surface area contributed by atoms with Crippen LogP contribution in [0.4, 0.5) is 0 Å². The van der Waals surface area contributed by atoms with Gasteiger partial charge in [0.2, 0.25) is 23.6 Å². The number of aromatic hydroxyl groups is 1. The van der Waals surface area contributed by atoms with Crippen LogP contribution in [0.2, 0.25) is 0 Å². The molecule has 5 unspecified atom stereocenters. The molecule has 0 aliphatic heterocycles. The van der Waals surface area contributed by atoms with Gasteiger partial charge in [-0.3, -0.25) is 19.2 Å². The number of hydrogen-bond acceptors (Lipinski definition) is 7. The fourth-order valence-electron chi connectivity index (χ4n) is 3.45. The Kier molecular flexibility index (Phi) is 12.5. The molecule has 206 valence electrons. The lowest BCUT2D eigenvalue weighted by atomic mass is 9.97. The van der Waals surface area contributed by atoms with Gasteiger partial charge in [0.1, 0.15) is 23.9 Å². The third-order valence-electron chi connectivity index (χ3n) is 6.11. The molecule has 0 saturated heterocycles. The van der Waals surface area contributed by atoms with E-state index in [0.717, 1.165) is 0 Å². The third-order valence-corrected chi connectivity index (χ3v) is 6.11. The summed E-state index contributed by atoms with van der Waals surface area (Å²) in [5.41, 5.74) is 11.7. The van der Waals surface area contributed by atoms with Crippen LogP contribution in [0, 0.1) is 11.8 Å². The van der Waals surface area contributed by atoms with Crippen LogP contribution in [-0.4, -0.2) is 64.0 Å². The number of hydrogen-bond donors (Lipinski definition) is 7. The van der Waals surface area contributed by atoms with Crippen LogP contribution in [0.5, 0.6) is 5.75 Å². The molecule has 0 bridgehead atoms. The quantitative estimate of drug-likeness (QED) is 0.163. The van der Waals surface area contributed by atoms with E-state index >= 15 is 0 Å². The molecule has 1 aromatic carbocycles. The van der Waals surface area contributed by atoms with E-state index in [1.54, 1.807) is 26.0 Å².